The quantitative estimate of drug-likeness (QED) is 0.830. The molecule has 0 atom stereocenters. The number of hydrogen-bond acceptors (Lipinski definition) is 4. The van der Waals surface area contributed by atoms with Gasteiger partial charge in [0.1, 0.15) is 10.6 Å². The number of aliphatic hydroxyl groups is 1. The summed E-state index contributed by atoms with van der Waals surface area (Å²) in [5.74, 6) is 0.799. The summed E-state index contributed by atoms with van der Waals surface area (Å²) in [5.41, 5.74) is 0.562. The fourth-order valence-corrected chi connectivity index (χ4v) is 3.88. The van der Waals surface area contributed by atoms with E-state index in [1.54, 1.807) is 12.1 Å². The highest BCUT2D eigenvalue weighted by molar-refractivity contribution is 7.89. The van der Waals surface area contributed by atoms with Gasteiger partial charge in [0.05, 0.1) is 13.7 Å². The first kappa shape index (κ1) is 15.3. The Morgan fingerprint density at radius 2 is 2.10 bits per heavy atom. The van der Waals surface area contributed by atoms with Crippen LogP contribution >= 0.6 is 0 Å². The molecule has 112 valence electrons. The first-order valence-electron chi connectivity index (χ1n) is 6.80. The zero-order valence-electron chi connectivity index (χ0n) is 11.9. The maximum atomic E-state index is 12.7. The number of benzene rings is 1. The molecule has 0 bridgehead atoms. The van der Waals surface area contributed by atoms with Crippen LogP contribution in [0.1, 0.15) is 25.3 Å². The number of methoxy groups -OCH3 is 1. The van der Waals surface area contributed by atoms with Crippen LogP contribution in [0.15, 0.2) is 23.1 Å². The third kappa shape index (κ3) is 3.13. The summed E-state index contributed by atoms with van der Waals surface area (Å²) in [4.78, 5) is 0.133. The van der Waals surface area contributed by atoms with Crippen molar-refractivity contribution in [3.63, 3.8) is 0 Å². The molecule has 6 heteroatoms. The van der Waals surface area contributed by atoms with Crippen molar-refractivity contribution >= 4 is 10.0 Å². The molecule has 5 nitrogen and oxygen atoms in total. The number of rotatable bonds is 7. The lowest BCUT2D eigenvalue weighted by atomic mass is 10.2. The summed E-state index contributed by atoms with van der Waals surface area (Å²) in [6, 6.07) is 4.74. The van der Waals surface area contributed by atoms with Crippen molar-refractivity contribution in [2.24, 2.45) is 5.92 Å². The second kappa shape index (κ2) is 6.11. The number of hydrogen-bond donors (Lipinski definition) is 1. The number of sulfonamides is 1. The van der Waals surface area contributed by atoms with E-state index in [0.717, 1.165) is 12.8 Å². The lowest BCUT2D eigenvalue weighted by Gasteiger charge is -2.22. The molecule has 0 aliphatic heterocycles. The molecule has 1 aliphatic rings. The minimum absolute atomic E-state index is 0.133. The van der Waals surface area contributed by atoms with E-state index in [1.165, 1.54) is 17.5 Å². The highest BCUT2D eigenvalue weighted by Gasteiger charge is 2.32. The molecule has 0 amide bonds. The minimum atomic E-state index is -3.58. The molecule has 1 aromatic rings. The molecular weight excluding hydrogens is 278 g/mol. The van der Waals surface area contributed by atoms with E-state index in [1.807, 2.05) is 6.92 Å². The summed E-state index contributed by atoms with van der Waals surface area (Å²) in [6.07, 6.45) is 2.19. The number of aliphatic hydroxyl groups excluding tert-OH is 1. The molecule has 1 fully saturated rings. The van der Waals surface area contributed by atoms with E-state index in [-0.39, 0.29) is 11.5 Å². The molecule has 0 saturated heterocycles. The van der Waals surface area contributed by atoms with Crippen molar-refractivity contribution in [3.8, 4) is 5.75 Å². The Labute approximate surface area is 120 Å². The van der Waals surface area contributed by atoms with Gasteiger partial charge in [-0.25, -0.2) is 8.42 Å². The standard InChI is InChI=1S/C14H21NO4S/c1-3-15(9-11-4-5-11)20(17,18)14-8-12(10-16)6-7-13(14)19-2/h6-8,11,16H,3-5,9-10H2,1-2H3. The Hall–Kier alpha value is -1.11. The van der Waals surface area contributed by atoms with E-state index >= 15 is 0 Å². The molecule has 0 radical (unpaired) electrons. The summed E-state index contributed by atoms with van der Waals surface area (Å²) < 4.78 is 32.1. The first-order chi connectivity index (χ1) is 9.52. The fraction of sp³-hybridized carbons (Fsp3) is 0.571. The van der Waals surface area contributed by atoms with E-state index < -0.39 is 10.0 Å². The second-order valence-electron chi connectivity index (χ2n) is 5.04. The van der Waals surface area contributed by atoms with E-state index in [2.05, 4.69) is 0 Å². The Morgan fingerprint density at radius 1 is 1.40 bits per heavy atom. The maximum Gasteiger partial charge on any atom is 0.246 e. The van der Waals surface area contributed by atoms with Crippen LogP contribution in [0.5, 0.6) is 5.75 Å². The number of nitrogens with zero attached hydrogens (tertiary/aromatic N) is 1. The second-order valence-corrected chi connectivity index (χ2v) is 6.95. The molecule has 1 N–H and O–H groups in total. The first-order valence-corrected chi connectivity index (χ1v) is 8.24. The lowest BCUT2D eigenvalue weighted by Crippen LogP contribution is -2.33. The minimum Gasteiger partial charge on any atom is -0.495 e. The fourth-order valence-electron chi connectivity index (χ4n) is 2.15. The molecular formula is C14H21NO4S. The molecule has 2 rings (SSSR count). The van der Waals surface area contributed by atoms with E-state index in [0.29, 0.717) is 30.3 Å². The van der Waals surface area contributed by atoms with Crippen molar-refractivity contribution in [1.82, 2.24) is 4.31 Å². The van der Waals surface area contributed by atoms with Crippen LogP contribution in [-0.2, 0) is 16.6 Å². The van der Waals surface area contributed by atoms with Gasteiger partial charge < -0.3 is 9.84 Å². The molecule has 0 spiro atoms. The van der Waals surface area contributed by atoms with Crippen molar-refractivity contribution in [1.29, 1.82) is 0 Å². The Morgan fingerprint density at radius 3 is 2.60 bits per heavy atom. The summed E-state index contributed by atoms with van der Waals surface area (Å²) >= 11 is 0. The highest BCUT2D eigenvalue weighted by Crippen LogP contribution is 2.33. The molecule has 1 aromatic carbocycles. The van der Waals surface area contributed by atoms with Crippen LogP contribution in [0.2, 0.25) is 0 Å². The number of ether oxygens (including phenoxy) is 1. The van der Waals surface area contributed by atoms with Gasteiger partial charge in [-0.05, 0) is 36.5 Å². The van der Waals surface area contributed by atoms with Gasteiger partial charge >= 0.3 is 0 Å². The van der Waals surface area contributed by atoms with Crippen LogP contribution in [-0.4, -0.2) is 38.0 Å². The summed E-state index contributed by atoms with van der Waals surface area (Å²) in [6.45, 7) is 2.64. The zero-order chi connectivity index (χ0) is 14.8. The van der Waals surface area contributed by atoms with Crippen LogP contribution in [0.3, 0.4) is 0 Å². The van der Waals surface area contributed by atoms with Crippen LogP contribution in [0.4, 0.5) is 0 Å². The van der Waals surface area contributed by atoms with Gasteiger partial charge in [0, 0.05) is 13.1 Å². The Balaban J connectivity index is 2.39. The van der Waals surface area contributed by atoms with Gasteiger partial charge in [-0.3, -0.25) is 0 Å². The third-order valence-electron chi connectivity index (χ3n) is 3.54. The summed E-state index contributed by atoms with van der Waals surface area (Å²) in [7, 11) is -2.14. The van der Waals surface area contributed by atoms with Gasteiger partial charge in [0.25, 0.3) is 0 Å². The highest BCUT2D eigenvalue weighted by atomic mass is 32.2. The lowest BCUT2D eigenvalue weighted by molar-refractivity contribution is 0.281. The van der Waals surface area contributed by atoms with Gasteiger partial charge in [0.2, 0.25) is 10.0 Å². The molecule has 1 aliphatic carbocycles. The van der Waals surface area contributed by atoms with Crippen molar-refractivity contribution < 1.29 is 18.3 Å². The van der Waals surface area contributed by atoms with Crippen LogP contribution in [0.25, 0.3) is 0 Å². The maximum absolute atomic E-state index is 12.7. The molecule has 0 aromatic heterocycles. The van der Waals surface area contributed by atoms with E-state index in [4.69, 9.17) is 4.74 Å². The SMILES string of the molecule is CCN(CC1CC1)S(=O)(=O)c1cc(CO)ccc1OC. The van der Waals surface area contributed by atoms with Gasteiger partial charge in [-0.1, -0.05) is 13.0 Å². The van der Waals surface area contributed by atoms with Gasteiger partial charge in [-0.2, -0.15) is 4.31 Å². The largest absolute Gasteiger partial charge is 0.495 e. The van der Waals surface area contributed by atoms with Crippen molar-refractivity contribution in [2.75, 3.05) is 20.2 Å². The zero-order valence-corrected chi connectivity index (χ0v) is 12.7. The molecule has 20 heavy (non-hydrogen) atoms. The average molecular weight is 299 g/mol. The Bertz CT molecular complexity index is 567. The van der Waals surface area contributed by atoms with Crippen LogP contribution < -0.4 is 4.74 Å². The van der Waals surface area contributed by atoms with Crippen molar-refractivity contribution in [3.05, 3.63) is 23.8 Å². The predicted octanol–water partition coefficient (Wildman–Crippen LogP) is 1.61. The smallest absolute Gasteiger partial charge is 0.246 e. The normalized spacial score (nSPS) is 15.6. The van der Waals surface area contributed by atoms with Crippen LogP contribution in [0, 0.1) is 5.92 Å². The van der Waals surface area contributed by atoms with Gasteiger partial charge in [-0.15, -0.1) is 0 Å². The topological polar surface area (TPSA) is 66.8 Å². The third-order valence-corrected chi connectivity index (χ3v) is 5.50. The predicted molar refractivity (Wildman–Crippen MR) is 76.1 cm³/mol. The monoisotopic (exact) mass is 299 g/mol. The molecule has 0 heterocycles. The van der Waals surface area contributed by atoms with Gasteiger partial charge in [0.15, 0.2) is 0 Å². The average Bonchev–Trinajstić information content (AvgIpc) is 3.27. The Kier molecular flexibility index (Phi) is 4.67. The summed E-state index contributed by atoms with van der Waals surface area (Å²) in [5, 5.41) is 9.19. The van der Waals surface area contributed by atoms with Crippen molar-refractivity contribution in [2.45, 2.75) is 31.3 Å². The molecule has 0 unspecified atom stereocenters. The molecule has 1 saturated carbocycles. The van der Waals surface area contributed by atoms with E-state index in [9.17, 15) is 13.5 Å².